The average Bonchev–Trinajstić information content (AvgIpc) is 2.97. The highest BCUT2D eigenvalue weighted by molar-refractivity contribution is 5.78. The number of hydrogen-bond donors (Lipinski definition) is 0. The van der Waals surface area contributed by atoms with E-state index >= 15 is 0 Å². The molecule has 0 radical (unpaired) electrons. The summed E-state index contributed by atoms with van der Waals surface area (Å²) in [6, 6.07) is 20.8. The first-order chi connectivity index (χ1) is 14.5. The van der Waals surface area contributed by atoms with E-state index in [2.05, 4.69) is 113 Å². The van der Waals surface area contributed by atoms with E-state index in [0.717, 1.165) is 11.1 Å². The molecule has 0 saturated carbocycles. The van der Waals surface area contributed by atoms with Crippen molar-refractivity contribution in [2.75, 3.05) is 0 Å². The van der Waals surface area contributed by atoms with Crippen molar-refractivity contribution in [3.05, 3.63) is 95.1 Å². The minimum atomic E-state index is -0.0680. The van der Waals surface area contributed by atoms with Crippen LogP contribution in [0.4, 0.5) is 0 Å². The summed E-state index contributed by atoms with van der Waals surface area (Å²) in [5, 5.41) is 0. The van der Waals surface area contributed by atoms with Crippen LogP contribution in [0.3, 0.4) is 0 Å². The highest BCUT2D eigenvalue weighted by Gasteiger charge is 2.39. The molecule has 0 bridgehead atoms. The quantitative estimate of drug-likeness (QED) is 0.341. The van der Waals surface area contributed by atoms with Gasteiger partial charge in [0.1, 0.15) is 22.5 Å². The summed E-state index contributed by atoms with van der Waals surface area (Å²) in [6.45, 7) is 18.1. The SMILES string of the molecule is Cc1c(C)[n+](C(C)(C)C)c(/C(=C\C#Cc2ccccc2)c2ccccc2)n1C(C)(C)C. The van der Waals surface area contributed by atoms with E-state index in [1.54, 1.807) is 0 Å². The lowest BCUT2D eigenvalue weighted by atomic mass is 10.00. The van der Waals surface area contributed by atoms with Crippen LogP contribution in [0.15, 0.2) is 66.7 Å². The monoisotopic (exact) mass is 411 g/mol. The molecule has 0 atom stereocenters. The summed E-state index contributed by atoms with van der Waals surface area (Å²) in [5.74, 6) is 7.85. The third-order valence-electron chi connectivity index (χ3n) is 5.49. The van der Waals surface area contributed by atoms with Crippen molar-refractivity contribution in [1.29, 1.82) is 0 Å². The van der Waals surface area contributed by atoms with Crippen LogP contribution in [0, 0.1) is 25.7 Å². The van der Waals surface area contributed by atoms with Gasteiger partial charge in [-0.1, -0.05) is 60.4 Å². The van der Waals surface area contributed by atoms with Gasteiger partial charge >= 0.3 is 0 Å². The molecule has 160 valence electrons. The van der Waals surface area contributed by atoms with Crippen LogP contribution in [0.5, 0.6) is 0 Å². The van der Waals surface area contributed by atoms with Gasteiger partial charge in [-0.15, -0.1) is 0 Å². The Balaban J connectivity index is 2.36. The van der Waals surface area contributed by atoms with E-state index in [1.165, 1.54) is 22.8 Å². The number of hydrogen-bond acceptors (Lipinski definition) is 0. The minimum absolute atomic E-state index is 0.0680. The smallest absolute Gasteiger partial charge is 0.223 e. The Morgan fingerprint density at radius 3 is 1.90 bits per heavy atom. The highest BCUT2D eigenvalue weighted by atomic mass is 15.2. The molecule has 0 aliphatic heterocycles. The van der Waals surface area contributed by atoms with Gasteiger partial charge in [0.25, 0.3) is 5.82 Å². The van der Waals surface area contributed by atoms with E-state index in [-0.39, 0.29) is 11.1 Å². The molecule has 1 aromatic heterocycles. The molecule has 2 nitrogen and oxygen atoms in total. The first-order valence-electron chi connectivity index (χ1n) is 11.0. The molecule has 0 fully saturated rings. The van der Waals surface area contributed by atoms with Crippen LogP contribution in [0.2, 0.25) is 0 Å². The lowest BCUT2D eigenvalue weighted by Crippen LogP contribution is -2.54. The lowest BCUT2D eigenvalue weighted by Gasteiger charge is -2.23. The molecule has 31 heavy (non-hydrogen) atoms. The van der Waals surface area contributed by atoms with Gasteiger partial charge in [0.2, 0.25) is 0 Å². The van der Waals surface area contributed by atoms with Crippen molar-refractivity contribution in [1.82, 2.24) is 4.57 Å². The van der Waals surface area contributed by atoms with Crippen LogP contribution in [0.25, 0.3) is 5.57 Å². The van der Waals surface area contributed by atoms with Crippen molar-refractivity contribution in [3.8, 4) is 11.8 Å². The van der Waals surface area contributed by atoms with Crippen LogP contribution in [-0.2, 0) is 11.1 Å². The van der Waals surface area contributed by atoms with E-state index in [4.69, 9.17) is 0 Å². The summed E-state index contributed by atoms with van der Waals surface area (Å²) >= 11 is 0. The number of nitrogens with zero attached hydrogens (tertiary/aromatic N) is 2. The summed E-state index contributed by atoms with van der Waals surface area (Å²) in [7, 11) is 0. The second-order valence-corrected chi connectivity index (χ2v) is 10.1. The standard InChI is InChI=1S/C29H35N2/c1-22-23(2)31(29(6,7)8)27(30(22)28(3,4)5)26(25-19-13-10-14-20-25)21-15-18-24-16-11-9-12-17-24/h9-14,16-17,19-21H,1-8H3/q+1/b26-21-. The summed E-state index contributed by atoms with van der Waals surface area (Å²) in [5.41, 5.74) is 5.78. The van der Waals surface area contributed by atoms with Crippen molar-refractivity contribution in [2.24, 2.45) is 0 Å². The summed E-state index contributed by atoms with van der Waals surface area (Å²) < 4.78 is 4.94. The Hall–Kier alpha value is -3.05. The number of imidazole rings is 1. The van der Waals surface area contributed by atoms with Crippen LogP contribution < -0.4 is 4.57 Å². The Bertz CT molecular complexity index is 1100. The fraction of sp³-hybridized carbons (Fsp3) is 0.345. The van der Waals surface area contributed by atoms with Gasteiger partial charge in [0, 0.05) is 25.5 Å². The summed E-state index contributed by atoms with van der Waals surface area (Å²) in [4.78, 5) is 0. The number of aromatic nitrogens is 2. The predicted octanol–water partition coefficient (Wildman–Crippen LogP) is 6.39. The normalized spacial score (nSPS) is 12.5. The maximum Gasteiger partial charge on any atom is 0.291 e. The molecule has 0 amide bonds. The van der Waals surface area contributed by atoms with Crippen LogP contribution in [-0.4, -0.2) is 4.57 Å². The largest absolute Gasteiger partial charge is 0.291 e. The lowest BCUT2D eigenvalue weighted by molar-refractivity contribution is -0.760. The van der Waals surface area contributed by atoms with Crippen LogP contribution >= 0.6 is 0 Å². The molecular weight excluding hydrogens is 376 g/mol. The topological polar surface area (TPSA) is 8.81 Å². The maximum absolute atomic E-state index is 3.35. The molecule has 0 aliphatic rings. The molecule has 3 aromatic rings. The van der Waals surface area contributed by atoms with Gasteiger partial charge in [-0.25, -0.2) is 9.13 Å². The molecule has 1 heterocycles. The molecule has 2 aromatic carbocycles. The summed E-state index contributed by atoms with van der Waals surface area (Å²) in [6.07, 6.45) is 2.08. The van der Waals surface area contributed by atoms with E-state index in [1.807, 2.05) is 30.3 Å². The van der Waals surface area contributed by atoms with Crippen molar-refractivity contribution >= 4 is 5.57 Å². The van der Waals surface area contributed by atoms with E-state index in [0.29, 0.717) is 0 Å². The van der Waals surface area contributed by atoms with E-state index in [9.17, 15) is 0 Å². The van der Waals surface area contributed by atoms with Crippen molar-refractivity contribution in [2.45, 2.75) is 66.5 Å². The Morgan fingerprint density at radius 2 is 1.39 bits per heavy atom. The number of allylic oxidation sites excluding steroid dienone is 1. The molecule has 0 spiro atoms. The average molecular weight is 412 g/mol. The Kier molecular flexibility index (Phi) is 6.27. The molecule has 0 unspecified atom stereocenters. The van der Waals surface area contributed by atoms with Crippen LogP contribution in [0.1, 0.15) is 69.9 Å². The third kappa shape index (κ3) is 4.83. The Morgan fingerprint density at radius 1 is 0.839 bits per heavy atom. The fourth-order valence-corrected chi connectivity index (χ4v) is 4.23. The van der Waals surface area contributed by atoms with Gasteiger partial charge in [-0.3, -0.25) is 0 Å². The zero-order chi connectivity index (χ0) is 22.8. The van der Waals surface area contributed by atoms with Crippen molar-refractivity contribution < 1.29 is 4.57 Å². The number of benzene rings is 2. The molecule has 0 aliphatic carbocycles. The zero-order valence-electron chi connectivity index (χ0n) is 20.2. The third-order valence-corrected chi connectivity index (χ3v) is 5.49. The second-order valence-electron chi connectivity index (χ2n) is 10.1. The molecule has 3 rings (SSSR count). The highest BCUT2D eigenvalue weighted by Crippen LogP contribution is 2.31. The predicted molar refractivity (Wildman–Crippen MR) is 131 cm³/mol. The first-order valence-corrected chi connectivity index (χ1v) is 11.0. The maximum atomic E-state index is 3.35. The first kappa shape index (κ1) is 22.6. The second kappa shape index (κ2) is 8.60. The van der Waals surface area contributed by atoms with Gasteiger partial charge in [0.15, 0.2) is 0 Å². The zero-order valence-corrected chi connectivity index (χ0v) is 20.2. The van der Waals surface area contributed by atoms with Gasteiger partial charge in [-0.2, -0.15) is 0 Å². The van der Waals surface area contributed by atoms with Gasteiger partial charge in [0.05, 0.1) is 5.57 Å². The molecule has 0 N–H and O–H groups in total. The fourth-order valence-electron chi connectivity index (χ4n) is 4.23. The van der Waals surface area contributed by atoms with Gasteiger partial charge < -0.3 is 0 Å². The molecular formula is C29H35N2+. The number of rotatable bonds is 2. The minimum Gasteiger partial charge on any atom is -0.223 e. The van der Waals surface area contributed by atoms with E-state index < -0.39 is 0 Å². The van der Waals surface area contributed by atoms with Crippen molar-refractivity contribution in [3.63, 3.8) is 0 Å². The van der Waals surface area contributed by atoms with Gasteiger partial charge in [-0.05, 0) is 59.2 Å². The Labute approximate surface area is 188 Å². The molecule has 0 saturated heterocycles. The molecule has 2 heteroatoms.